The van der Waals surface area contributed by atoms with Gasteiger partial charge in [-0.2, -0.15) is 4.21 Å². The fourth-order valence-corrected chi connectivity index (χ4v) is 1.83. The van der Waals surface area contributed by atoms with Crippen LogP contribution in [0.4, 0.5) is 0 Å². The molecule has 0 heterocycles. The van der Waals surface area contributed by atoms with Crippen molar-refractivity contribution in [1.82, 2.24) is 0 Å². The van der Waals surface area contributed by atoms with E-state index in [4.69, 9.17) is 13.3 Å². The fraction of sp³-hybridized carbons (Fsp3) is 0.857. The molecule has 122 valence electrons. The molecule has 0 aromatic heterocycles. The average molecular weight is 332 g/mol. The van der Waals surface area contributed by atoms with Gasteiger partial charge in [-0.15, -0.1) is 0 Å². The van der Waals surface area contributed by atoms with Crippen molar-refractivity contribution in [3.05, 3.63) is 0 Å². The van der Waals surface area contributed by atoms with Gasteiger partial charge in [0.15, 0.2) is 0 Å². The summed E-state index contributed by atoms with van der Waals surface area (Å²) in [6, 6.07) is 0. The third kappa shape index (κ3) is 33.3. The van der Waals surface area contributed by atoms with Crippen molar-refractivity contribution in [2.24, 2.45) is 0 Å². The molecule has 0 aliphatic heterocycles. The Labute approximate surface area is 153 Å². The van der Waals surface area contributed by atoms with Gasteiger partial charge >= 0.3 is 29.6 Å². The Kier molecular flexibility index (Phi) is 28.4. The molecule has 21 heavy (non-hydrogen) atoms. The number of rotatable bonds is 12. The Morgan fingerprint density at radius 3 is 1.71 bits per heavy atom. The van der Waals surface area contributed by atoms with Gasteiger partial charge in [0.1, 0.15) is 12.1 Å². The van der Waals surface area contributed by atoms with Crippen LogP contribution in [0.2, 0.25) is 0 Å². The zero-order valence-electron chi connectivity index (χ0n) is 12.4. The van der Waals surface area contributed by atoms with Crippen molar-refractivity contribution in [3.63, 3.8) is 0 Å². The summed E-state index contributed by atoms with van der Waals surface area (Å²) in [5.41, 5.74) is 0. The van der Waals surface area contributed by atoms with Gasteiger partial charge in [-0.3, -0.25) is 13.9 Å². The van der Waals surface area contributed by atoms with Crippen LogP contribution in [-0.4, -0.2) is 54.9 Å². The zero-order valence-corrected chi connectivity index (χ0v) is 13.2. The molecule has 2 N–H and O–H groups in total. The fourth-order valence-electron chi connectivity index (χ4n) is 1.83. The summed E-state index contributed by atoms with van der Waals surface area (Å²) in [6.45, 7) is 2.23. The summed E-state index contributed by atoms with van der Waals surface area (Å²) in [4.78, 5) is 21.1. The summed E-state index contributed by atoms with van der Waals surface area (Å²) < 4.78 is 22.8. The predicted molar refractivity (Wildman–Crippen MR) is 88.1 cm³/mol. The van der Waals surface area contributed by atoms with Crippen LogP contribution in [0, 0.1) is 0 Å². The number of hydrogen-bond acceptors (Lipinski definition) is 3. The molecule has 0 saturated carbocycles. The number of ketones is 1. The molecule has 0 amide bonds. The van der Waals surface area contributed by atoms with Crippen molar-refractivity contribution < 1.29 is 22.9 Å². The topological polar surface area (TPSA) is 91.7 Å². The van der Waals surface area contributed by atoms with Crippen LogP contribution >= 0.6 is 0 Å². The van der Waals surface area contributed by atoms with Crippen LogP contribution in [0.5, 0.6) is 0 Å². The van der Waals surface area contributed by atoms with E-state index in [0.717, 1.165) is 12.8 Å². The molecule has 0 aromatic carbocycles. The van der Waals surface area contributed by atoms with Crippen LogP contribution < -0.4 is 0 Å². The van der Waals surface area contributed by atoms with Gasteiger partial charge in [0.25, 0.3) is 11.4 Å². The Morgan fingerprint density at radius 1 is 0.952 bits per heavy atom. The summed E-state index contributed by atoms with van der Waals surface area (Å²) in [5.74, 6) is 0.0953. The molecule has 0 aliphatic rings. The maximum atomic E-state index is 11.0. The van der Waals surface area contributed by atoms with E-state index in [-0.39, 0.29) is 41.8 Å². The van der Waals surface area contributed by atoms with Crippen LogP contribution in [-0.2, 0) is 21.0 Å². The van der Waals surface area contributed by atoms with E-state index in [9.17, 15) is 9.59 Å². The second kappa shape index (κ2) is 22.7. The summed E-state index contributed by atoms with van der Waals surface area (Å²) >= 11 is -2.61. The molecule has 5 nitrogen and oxygen atoms in total. The van der Waals surface area contributed by atoms with Crippen molar-refractivity contribution in [2.75, 3.05) is 0 Å². The molecule has 0 unspecified atom stereocenters. The number of hydrogen-bond donors (Lipinski definition) is 2. The summed E-state index contributed by atoms with van der Waals surface area (Å²) in [7, 11) is 0. The number of unbranched alkanes of at least 4 members (excludes halogenated alkanes) is 8. The van der Waals surface area contributed by atoms with E-state index in [1.54, 1.807) is 0 Å². The van der Waals surface area contributed by atoms with Gasteiger partial charge < -0.3 is 4.79 Å². The van der Waals surface area contributed by atoms with E-state index in [1.807, 2.05) is 0 Å². The van der Waals surface area contributed by atoms with Gasteiger partial charge in [0, 0.05) is 6.42 Å². The summed E-state index contributed by atoms with van der Waals surface area (Å²) in [6.07, 6.45) is 12.8. The molecule has 0 rings (SSSR count). The van der Waals surface area contributed by atoms with Gasteiger partial charge in [-0.1, -0.05) is 58.3 Å². The molecule has 0 saturated heterocycles. The van der Waals surface area contributed by atoms with E-state index >= 15 is 0 Å². The van der Waals surface area contributed by atoms with Crippen LogP contribution in [0.1, 0.15) is 77.6 Å². The average Bonchev–Trinajstić information content (AvgIpc) is 2.36. The van der Waals surface area contributed by atoms with Crippen LogP contribution in [0.25, 0.3) is 0 Å². The molecule has 0 aliphatic carbocycles. The standard InChI is InChI=1S/C14H26O2.Na.H2O3S.H/c1-2-3-4-5-6-7-8-9-10-11-14(16)12-13-15;;1-4(2)3;/h13H,2-12H2,1H3;;(H2,1,2,3);. The molecular weight excluding hydrogens is 303 g/mol. The predicted octanol–water partition coefficient (Wildman–Crippen LogP) is 3.10. The van der Waals surface area contributed by atoms with Gasteiger partial charge in [-0.25, -0.2) is 0 Å². The third-order valence-corrected chi connectivity index (χ3v) is 2.87. The first kappa shape index (κ1) is 26.3. The minimum atomic E-state index is -2.61. The second-order valence-corrected chi connectivity index (χ2v) is 5.18. The normalized spacial score (nSPS) is 9.52. The Hall–Kier alpha value is 0.410. The number of aldehydes is 1. The second-order valence-electron chi connectivity index (χ2n) is 4.72. The van der Waals surface area contributed by atoms with E-state index in [0.29, 0.717) is 12.7 Å². The number of carbonyl (C=O) groups excluding carboxylic acids is 2. The molecule has 0 aromatic rings. The Balaban J connectivity index is -0.000000572. The van der Waals surface area contributed by atoms with E-state index in [2.05, 4.69) is 6.92 Å². The number of carbonyl (C=O) groups is 2. The van der Waals surface area contributed by atoms with Gasteiger partial charge in [-0.05, 0) is 6.42 Å². The van der Waals surface area contributed by atoms with Crippen molar-refractivity contribution in [2.45, 2.75) is 77.6 Å². The Morgan fingerprint density at radius 2 is 1.33 bits per heavy atom. The van der Waals surface area contributed by atoms with Crippen molar-refractivity contribution in [1.29, 1.82) is 0 Å². The monoisotopic (exact) mass is 332 g/mol. The van der Waals surface area contributed by atoms with Crippen molar-refractivity contribution >= 4 is 53.0 Å². The quantitative estimate of drug-likeness (QED) is 0.188. The first-order chi connectivity index (χ1) is 9.54. The van der Waals surface area contributed by atoms with Crippen LogP contribution in [0.3, 0.4) is 0 Å². The molecule has 0 radical (unpaired) electrons. The van der Waals surface area contributed by atoms with Crippen LogP contribution in [0.15, 0.2) is 0 Å². The molecular formula is C14H29NaO5S. The first-order valence-electron chi connectivity index (χ1n) is 7.29. The molecule has 0 bridgehead atoms. The summed E-state index contributed by atoms with van der Waals surface area (Å²) in [5, 5.41) is 0. The molecule has 0 fully saturated rings. The Bertz CT molecular complexity index is 258. The molecule has 0 spiro atoms. The van der Waals surface area contributed by atoms with Crippen molar-refractivity contribution in [3.8, 4) is 0 Å². The minimum absolute atomic E-state index is 0. The maximum absolute atomic E-state index is 11.0. The van der Waals surface area contributed by atoms with Gasteiger partial charge in [0.05, 0.1) is 6.42 Å². The first-order valence-corrected chi connectivity index (χ1v) is 8.36. The van der Waals surface area contributed by atoms with E-state index in [1.165, 1.54) is 44.9 Å². The van der Waals surface area contributed by atoms with Gasteiger partial charge in [0.2, 0.25) is 0 Å². The third-order valence-electron chi connectivity index (χ3n) is 2.87. The van der Waals surface area contributed by atoms with E-state index < -0.39 is 11.4 Å². The SMILES string of the molecule is CCCCCCCCCCCC(=O)CC=O.O=S(O)O.[NaH]. The molecule has 0 atom stereocenters. The number of Topliss-reactive ketones (excluding diaryl/α,β-unsaturated/α-hetero) is 1. The zero-order chi connectivity index (χ0) is 15.6. The molecule has 7 heteroatoms.